The lowest BCUT2D eigenvalue weighted by molar-refractivity contribution is 0.181. The van der Waals surface area contributed by atoms with Crippen molar-refractivity contribution in [3.05, 3.63) is 29.8 Å². The van der Waals surface area contributed by atoms with E-state index in [0.29, 0.717) is 6.04 Å². The summed E-state index contributed by atoms with van der Waals surface area (Å²) in [6.45, 7) is 6.28. The molecule has 1 heterocycles. The van der Waals surface area contributed by atoms with Crippen LogP contribution in [0.25, 0.3) is 0 Å². The molecule has 118 valence electrons. The van der Waals surface area contributed by atoms with Crippen LogP contribution in [0.4, 0.5) is 0 Å². The van der Waals surface area contributed by atoms with Crippen molar-refractivity contribution >= 4 is 0 Å². The third-order valence-corrected chi connectivity index (χ3v) is 4.32. The van der Waals surface area contributed by atoms with Crippen LogP contribution < -0.4 is 10.1 Å². The van der Waals surface area contributed by atoms with E-state index in [1.54, 1.807) is 0 Å². The molecule has 0 bridgehead atoms. The summed E-state index contributed by atoms with van der Waals surface area (Å²) in [6, 6.07) is 9.20. The van der Waals surface area contributed by atoms with E-state index in [1.165, 1.54) is 37.8 Å². The summed E-state index contributed by atoms with van der Waals surface area (Å²) in [5, 5.41) is 3.59. The lowest BCUT2D eigenvalue weighted by atomic mass is 10.0. The van der Waals surface area contributed by atoms with Crippen molar-refractivity contribution in [2.75, 3.05) is 26.7 Å². The number of likely N-dealkylation sites (tertiary alicyclic amines) is 1. The molecule has 1 aliphatic rings. The van der Waals surface area contributed by atoms with Crippen molar-refractivity contribution in [1.82, 2.24) is 10.2 Å². The highest BCUT2D eigenvalue weighted by Gasteiger charge is 2.17. The molecule has 0 aliphatic carbocycles. The molecule has 0 saturated carbocycles. The molecule has 1 aromatic carbocycles. The molecule has 1 N–H and O–H groups in total. The Morgan fingerprint density at radius 2 is 2.05 bits per heavy atom. The average molecular weight is 290 g/mol. The van der Waals surface area contributed by atoms with Crippen molar-refractivity contribution in [3.63, 3.8) is 0 Å². The molecule has 1 fully saturated rings. The van der Waals surface area contributed by atoms with Gasteiger partial charge in [-0.05, 0) is 50.6 Å². The second-order valence-electron chi connectivity index (χ2n) is 6.11. The SMILES string of the molecule is CCCCOc1ccc(CNCC2CCCCN2C)cc1. The van der Waals surface area contributed by atoms with Crippen molar-refractivity contribution < 1.29 is 4.74 Å². The van der Waals surface area contributed by atoms with Gasteiger partial charge in [-0.1, -0.05) is 31.9 Å². The molecule has 3 nitrogen and oxygen atoms in total. The molecular formula is C18H30N2O. The van der Waals surface area contributed by atoms with Gasteiger partial charge in [0.25, 0.3) is 0 Å². The maximum absolute atomic E-state index is 5.69. The zero-order valence-electron chi connectivity index (χ0n) is 13.6. The van der Waals surface area contributed by atoms with E-state index in [-0.39, 0.29) is 0 Å². The fraction of sp³-hybridized carbons (Fsp3) is 0.667. The van der Waals surface area contributed by atoms with Crippen molar-refractivity contribution in [3.8, 4) is 5.75 Å². The van der Waals surface area contributed by atoms with Gasteiger partial charge in [0.05, 0.1) is 6.61 Å². The first-order valence-electron chi connectivity index (χ1n) is 8.42. The third-order valence-electron chi connectivity index (χ3n) is 4.32. The Morgan fingerprint density at radius 1 is 1.24 bits per heavy atom. The highest BCUT2D eigenvalue weighted by Crippen LogP contribution is 2.15. The Hall–Kier alpha value is -1.06. The lowest BCUT2D eigenvalue weighted by Gasteiger charge is -2.32. The van der Waals surface area contributed by atoms with Crippen molar-refractivity contribution in [2.24, 2.45) is 0 Å². The summed E-state index contributed by atoms with van der Waals surface area (Å²) >= 11 is 0. The molecule has 1 aromatic rings. The Morgan fingerprint density at radius 3 is 2.76 bits per heavy atom. The molecule has 0 radical (unpaired) electrons. The summed E-state index contributed by atoms with van der Waals surface area (Å²) in [7, 11) is 2.24. The van der Waals surface area contributed by atoms with Crippen LogP contribution in [-0.4, -0.2) is 37.7 Å². The van der Waals surface area contributed by atoms with Crippen molar-refractivity contribution in [1.29, 1.82) is 0 Å². The molecule has 1 saturated heterocycles. The standard InChI is InChI=1S/C18H30N2O/c1-3-4-13-21-18-10-8-16(9-11-18)14-19-15-17-7-5-6-12-20(17)2/h8-11,17,19H,3-7,12-15H2,1-2H3. The average Bonchev–Trinajstić information content (AvgIpc) is 2.51. The molecular weight excluding hydrogens is 260 g/mol. The van der Waals surface area contributed by atoms with E-state index in [2.05, 4.69) is 48.5 Å². The summed E-state index contributed by atoms with van der Waals surface area (Å²) in [4.78, 5) is 2.49. The number of rotatable bonds is 8. The number of likely N-dealkylation sites (N-methyl/N-ethyl adjacent to an activating group) is 1. The van der Waals surface area contributed by atoms with Crippen LogP contribution in [0.3, 0.4) is 0 Å². The van der Waals surface area contributed by atoms with E-state index in [9.17, 15) is 0 Å². The van der Waals surface area contributed by atoms with E-state index in [1.807, 2.05) is 0 Å². The van der Waals surface area contributed by atoms with E-state index in [0.717, 1.165) is 31.9 Å². The summed E-state index contributed by atoms with van der Waals surface area (Å²) in [5.74, 6) is 0.985. The Balaban J connectivity index is 1.68. The lowest BCUT2D eigenvalue weighted by Crippen LogP contribution is -2.42. The molecule has 0 aromatic heterocycles. The highest BCUT2D eigenvalue weighted by molar-refractivity contribution is 5.27. The fourth-order valence-corrected chi connectivity index (χ4v) is 2.82. The first-order chi connectivity index (χ1) is 10.3. The maximum Gasteiger partial charge on any atom is 0.119 e. The number of ether oxygens (including phenoxy) is 1. The smallest absolute Gasteiger partial charge is 0.119 e. The van der Waals surface area contributed by atoms with Gasteiger partial charge in [-0.2, -0.15) is 0 Å². The Labute approximate surface area is 129 Å². The third kappa shape index (κ3) is 5.68. The molecule has 1 atom stereocenters. The molecule has 1 aliphatic heterocycles. The second-order valence-corrected chi connectivity index (χ2v) is 6.11. The molecule has 1 unspecified atom stereocenters. The van der Waals surface area contributed by atoms with Gasteiger partial charge in [0.2, 0.25) is 0 Å². The molecule has 3 heteroatoms. The van der Waals surface area contributed by atoms with Crippen LogP contribution >= 0.6 is 0 Å². The minimum Gasteiger partial charge on any atom is -0.494 e. The molecule has 0 amide bonds. The van der Waals surface area contributed by atoms with Crippen LogP contribution in [0.15, 0.2) is 24.3 Å². The minimum atomic E-state index is 0.704. The number of nitrogens with zero attached hydrogens (tertiary/aromatic N) is 1. The van der Waals surface area contributed by atoms with Crippen LogP contribution in [0.1, 0.15) is 44.6 Å². The number of piperidine rings is 1. The van der Waals surface area contributed by atoms with Crippen molar-refractivity contribution in [2.45, 2.75) is 51.6 Å². The van der Waals surface area contributed by atoms with E-state index < -0.39 is 0 Å². The van der Waals surface area contributed by atoms with E-state index in [4.69, 9.17) is 4.74 Å². The van der Waals surface area contributed by atoms with E-state index >= 15 is 0 Å². The summed E-state index contributed by atoms with van der Waals surface area (Å²) < 4.78 is 5.69. The Kier molecular flexibility index (Phi) is 7.04. The van der Waals surface area contributed by atoms with Crippen LogP contribution in [0.2, 0.25) is 0 Å². The topological polar surface area (TPSA) is 24.5 Å². The first kappa shape index (κ1) is 16.3. The zero-order valence-corrected chi connectivity index (χ0v) is 13.6. The number of hydrogen-bond acceptors (Lipinski definition) is 3. The largest absolute Gasteiger partial charge is 0.494 e. The minimum absolute atomic E-state index is 0.704. The monoisotopic (exact) mass is 290 g/mol. The maximum atomic E-state index is 5.69. The number of unbranched alkanes of at least 4 members (excludes halogenated alkanes) is 1. The van der Waals surface area contributed by atoms with Crippen LogP contribution in [-0.2, 0) is 6.54 Å². The first-order valence-corrected chi connectivity index (χ1v) is 8.42. The fourth-order valence-electron chi connectivity index (χ4n) is 2.82. The number of benzene rings is 1. The van der Waals surface area contributed by atoms with Gasteiger partial charge in [-0.15, -0.1) is 0 Å². The summed E-state index contributed by atoms with van der Waals surface area (Å²) in [5.41, 5.74) is 1.33. The molecule has 2 rings (SSSR count). The predicted octanol–water partition coefficient (Wildman–Crippen LogP) is 3.44. The van der Waals surface area contributed by atoms with Gasteiger partial charge in [0.15, 0.2) is 0 Å². The molecule has 0 spiro atoms. The van der Waals surface area contributed by atoms with Crippen LogP contribution in [0.5, 0.6) is 5.75 Å². The van der Waals surface area contributed by atoms with Gasteiger partial charge in [0.1, 0.15) is 5.75 Å². The van der Waals surface area contributed by atoms with Gasteiger partial charge >= 0.3 is 0 Å². The predicted molar refractivity (Wildman–Crippen MR) is 88.8 cm³/mol. The Bertz CT molecular complexity index is 391. The van der Waals surface area contributed by atoms with Gasteiger partial charge in [0, 0.05) is 19.1 Å². The second kappa shape index (κ2) is 9.06. The molecule has 21 heavy (non-hydrogen) atoms. The number of nitrogens with one attached hydrogen (secondary N) is 1. The zero-order chi connectivity index (χ0) is 14.9. The normalized spacial score (nSPS) is 19.6. The summed E-state index contributed by atoms with van der Waals surface area (Å²) in [6.07, 6.45) is 6.36. The van der Waals surface area contributed by atoms with Gasteiger partial charge < -0.3 is 15.0 Å². The van der Waals surface area contributed by atoms with Gasteiger partial charge in [-0.3, -0.25) is 0 Å². The van der Waals surface area contributed by atoms with Gasteiger partial charge in [-0.25, -0.2) is 0 Å². The number of hydrogen-bond donors (Lipinski definition) is 1. The quantitative estimate of drug-likeness (QED) is 0.742. The highest BCUT2D eigenvalue weighted by atomic mass is 16.5. The van der Waals surface area contributed by atoms with Crippen LogP contribution in [0, 0.1) is 0 Å².